The van der Waals surface area contributed by atoms with Gasteiger partial charge in [0.15, 0.2) is 11.5 Å². The maximum absolute atomic E-state index is 11.1. The first-order valence-corrected chi connectivity index (χ1v) is 7.54. The van der Waals surface area contributed by atoms with Crippen molar-refractivity contribution in [3.8, 4) is 11.4 Å². The Balaban J connectivity index is 2.27. The van der Waals surface area contributed by atoms with Crippen molar-refractivity contribution in [3.63, 3.8) is 0 Å². The highest BCUT2D eigenvalue weighted by atomic mass is 127. The van der Waals surface area contributed by atoms with E-state index >= 15 is 0 Å². The Morgan fingerprint density at radius 3 is 2.62 bits per heavy atom. The second-order valence-electron chi connectivity index (χ2n) is 4.23. The number of hydrogen-bond acceptors (Lipinski definition) is 3. The van der Waals surface area contributed by atoms with Crippen LogP contribution in [-0.2, 0) is 0 Å². The smallest absolute Gasteiger partial charge is 0.337 e. The third-order valence-electron chi connectivity index (χ3n) is 2.88. The van der Waals surface area contributed by atoms with E-state index in [0.717, 1.165) is 9.13 Å². The summed E-state index contributed by atoms with van der Waals surface area (Å²) in [5.41, 5.74) is 1.18. The molecule has 0 aliphatic heterocycles. The highest BCUT2D eigenvalue weighted by Gasteiger charge is 2.15. The molecule has 0 amide bonds. The molecule has 8 heteroatoms. The van der Waals surface area contributed by atoms with Gasteiger partial charge in [0.1, 0.15) is 0 Å². The van der Waals surface area contributed by atoms with Gasteiger partial charge in [-0.15, -0.1) is 10.2 Å². The van der Waals surface area contributed by atoms with Crippen LogP contribution in [0.1, 0.15) is 10.4 Å². The fourth-order valence-corrected chi connectivity index (χ4v) is 2.67. The molecule has 0 aliphatic rings. The van der Waals surface area contributed by atoms with Crippen LogP contribution in [0.5, 0.6) is 0 Å². The number of carboxylic acids is 1. The lowest BCUT2D eigenvalue weighted by Gasteiger charge is -2.04. The van der Waals surface area contributed by atoms with Crippen molar-refractivity contribution in [2.45, 2.75) is 0 Å². The van der Waals surface area contributed by atoms with Crippen molar-refractivity contribution < 1.29 is 9.90 Å². The van der Waals surface area contributed by atoms with Crippen LogP contribution in [0, 0.1) is 3.57 Å². The number of halogens is 3. The number of aromatic nitrogens is 3. The molecule has 0 fully saturated rings. The monoisotopic (exact) mass is 433 g/mol. The average molecular weight is 434 g/mol. The molecule has 2 aromatic heterocycles. The number of aromatic carboxylic acids is 1. The molecule has 0 radical (unpaired) electrons. The number of fused-ring (bicyclic) bond motifs is 1. The fourth-order valence-electron chi connectivity index (χ4n) is 1.90. The molecule has 0 aliphatic carbocycles. The summed E-state index contributed by atoms with van der Waals surface area (Å²) in [6, 6.07) is 6.78. The number of benzene rings is 1. The first kappa shape index (κ1) is 14.6. The molecule has 0 spiro atoms. The van der Waals surface area contributed by atoms with Crippen molar-refractivity contribution in [1.29, 1.82) is 0 Å². The van der Waals surface area contributed by atoms with E-state index < -0.39 is 5.97 Å². The van der Waals surface area contributed by atoms with Crippen LogP contribution in [0.15, 0.2) is 30.5 Å². The van der Waals surface area contributed by atoms with E-state index in [1.165, 1.54) is 12.3 Å². The topological polar surface area (TPSA) is 67.5 Å². The third-order valence-corrected chi connectivity index (χ3v) is 4.73. The molecule has 5 nitrogen and oxygen atoms in total. The van der Waals surface area contributed by atoms with Crippen molar-refractivity contribution in [2.24, 2.45) is 0 Å². The van der Waals surface area contributed by atoms with Gasteiger partial charge in [-0.1, -0.05) is 29.3 Å². The number of carboxylic acid groups (broad SMARTS) is 1. The number of rotatable bonds is 2. The predicted octanol–water partition coefficient (Wildman–Crippen LogP) is 4.01. The van der Waals surface area contributed by atoms with Gasteiger partial charge in [0.25, 0.3) is 0 Å². The van der Waals surface area contributed by atoms with Crippen LogP contribution >= 0.6 is 45.8 Å². The summed E-state index contributed by atoms with van der Waals surface area (Å²) in [4.78, 5) is 11.1. The first-order valence-electron chi connectivity index (χ1n) is 5.70. The lowest BCUT2D eigenvalue weighted by atomic mass is 10.2. The number of pyridine rings is 1. The lowest BCUT2D eigenvalue weighted by molar-refractivity contribution is 0.0696. The van der Waals surface area contributed by atoms with E-state index in [1.807, 2.05) is 12.1 Å². The Morgan fingerprint density at radius 2 is 1.95 bits per heavy atom. The normalized spacial score (nSPS) is 11.0. The van der Waals surface area contributed by atoms with Crippen molar-refractivity contribution in [3.05, 3.63) is 49.6 Å². The van der Waals surface area contributed by atoms with Gasteiger partial charge in [-0.2, -0.15) is 0 Å². The molecule has 3 rings (SSSR count). The van der Waals surface area contributed by atoms with Crippen LogP contribution in [-0.4, -0.2) is 25.7 Å². The summed E-state index contributed by atoms with van der Waals surface area (Å²) in [5, 5.41) is 18.0. The minimum Gasteiger partial charge on any atom is -0.478 e. The highest BCUT2D eigenvalue weighted by molar-refractivity contribution is 14.1. The number of carbonyl (C=O) groups is 1. The lowest BCUT2D eigenvalue weighted by Crippen LogP contribution is -2.00. The Morgan fingerprint density at radius 1 is 1.19 bits per heavy atom. The van der Waals surface area contributed by atoms with E-state index in [9.17, 15) is 4.79 Å². The van der Waals surface area contributed by atoms with Crippen LogP contribution < -0.4 is 0 Å². The maximum Gasteiger partial charge on any atom is 0.337 e. The van der Waals surface area contributed by atoms with Gasteiger partial charge in [-0.25, -0.2) is 4.79 Å². The minimum atomic E-state index is -1.07. The Labute approximate surface area is 142 Å². The van der Waals surface area contributed by atoms with Crippen LogP contribution in [0.3, 0.4) is 0 Å². The molecule has 0 saturated carbocycles. The summed E-state index contributed by atoms with van der Waals surface area (Å²) in [7, 11) is 0. The molecule has 1 aromatic carbocycles. The van der Waals surface area contributed by atoms with Gasteiger partial charge in [-0.3, -0.25) is 4.40 Å². The predicted molar refractivity (Wildman–Crippen MR) is 88.1 cm³/mol. The zero-order chi connectivity index (χ0) is 15.1. The van der Waals surface area contributed by atoms with Crippen molar-refractivity contribution in [1.82, 2.24) is 14.6 Å². The highest BCUT2D eigenvalue weighted by Crippen LogP contribution is 2.28. The molecule has 0 atom stereocenters. The minimum absolute atomic E-state index is 0.0603. The summed E-state index contributed by atoms with van der Waals surface area (Å²) in [5.74, 6) is -0.590. The third kappa shape index (κ3) is 2.58. The molecule has 3 aromatic rings. The molecule has 2 heterocycles. The van der Waals surface area contributed by atoms with Gasteiger partial charge in [-0.05, 0) is 40.8 Å². The molecule has 0 bridgehead atoms. The quantitative estimate of drug-likeness (QED) is 0.620. The van der Waals surface area contributed by atoms with Gasteiger partial charge in [0.05, 0.1) is 15.6 Å². The van der Waals surface area contributed by atoms with Gasteiger partial charge >= 0.3 is 5.97 Å². The van der Waals surface area contributed by atoms with E-state index in [4.69, 9.17) is 28.3 Å². The molecule has 106 valence electrons. The molecule has 0 unspecified atom stereocenters. The standard InChI is InChI=1S/C13H6Cl2IN3O2/c14-8-3-6(1-2-10(8)16)11-17-18-12-9(15)4-7(13(20)21)5-19(11)12/h1-5H,(H,20,21). The fraction of sp³-hybridized carbons (Fsp3) is 0. The Kier molecular flexibility index (Phi) is 3.76. The summed E-state index contributed by atoms with van der Waals surface area (Å²) in [6.45, 7) is 0. The van der Waals surface area contributed by atoms with E-state index in [1.54, 1.807) is 10.5 Å². The number of nitrogens with zero attached hydrogens (tertiary/aromatic N) is 3. The molecule has 21 heavy (non-hydrogen) atoms. The summed E-state index contributed by atoms with van der Waals surface area (Å²) in [6.07, 6.45) is 1.44. The largest absolute Gasteiger partial charge is 0.478 e. The molecule has 1 N–H and O–H groups in total. The average Bonchev–Trinajstić information content (AvgIpc) is 2.86. The second kappa shape index (κ2) is 5.43. The van der Waals surface area contributed by atoms with E-state index in [-0.39, 0.29) is 10.6 Å². The maximum atomic E-state index is 11.1. The van der Waals surface area contributed by atoms with Crippen LogP contribution in [0.2, 0.25) is 10.0 Å². The van der Waals surface area contributed by atoms with E-state index in [2.05, 4.69) is 32.8 Å². The number of hydrogen-bond donors (Lipinski definition) is 1. The zero-order valence-corrected chi connectivity index (χ0v) is 13.9. The van der Waals surface area contributed by atoms with Gasteiger partial charge < -0.3 is 5.11 Å². The van der Waals surface area contributed by atoms with Crippen LogP contribution in [0.25, 0.3) is 17.0 Å². The second-order valence-corrected chi connectivity index (χ2v) is 6.20. The van der Waals surface area contributed by atoms with Crippen molar-refractivity contribution >= 4 is 57.4 Å². The first-order chi connectivity index (χ1) is 9.97. The molecular formula is C13H6Cl2IN3O2. The summed E-state index contributed by atoms with van der Waals surface area (Å²) >= 11 is 14.3. The molecule has 0 saturated heterocycles. The van der Waals surface area contributed by atoms with Crippen molar-refractivity contribution in [2.75, 3.05) is 0 Å². The van der Waals surface area contributed by atoms with E-state index in [0.29, 0.717) is 16.5 Å². The SMILES string of the molecule is O=C(O)c1cc(Cl)c2nnc(-c3ccc(I)c(Cl)c3)n2c1. The Hall–Kier alpha value is -1.38. The van der Waals surface area contributed by atoms with Gasteiger partial charge in [0.2, 0.25) is 0 Å². The van der Waals surface area contributed by atoms with Gasteiger partial charge in [0, 0.05) is 15.3 Å². The molecular weight excluding hydrogens is 428 g/mol. The zero-order valence-electron chi connectivity index (χ0n) is 10.2. The van der Waals surface area contributed by atoms with Crippen LogP contribution in [0.4, 0.5) is 0 Å². The Bertz CT molecular complexity index is 879. The summed E-state index contributed by atoms with van der Waals surface area (Å²) < 4.78 is 2.46.